The third kappa shape index (κ3) is 1.83. The molecule has 1 aromatic carbocycles. The normalized spacial score (nSPS) is 18.4. The average Bonchev–Trinajstić information content (AvgIpc) is 2.90. The lowest BCUT2D eigenvalue weighted by atomic mass is 10.1. The Labute approximate surface area is 122 Å². The molecule has 2 heterocycles. The predicted octanol–water partition coefficient (Wildman–Crippen LogP) is 2.21. The van der Waals surface area contributed by atoms with Crippen LogP contribution in [0.15, 0.2) is 35.6 Å². The van der Waals surface area contributed by atoms with Gasteiger partial charge in [0.05, 0.1) is 12.0 Å². The number of rotatable bonds is 2. The standard InChI is InChI=1S/C13H14ClN3O2S/c1-9-7-10-5-3-4-6-11(10)17(9)20(18,19)13-12(14)16(2)8-15-13/h3-6,8-9H,7H2,1-2H3. The zero-order valence-corrected chi connectivity index (χ0v) is 12.7. The Hall–Kier alpha value is -1.53. The third-order valence-corrected chi connectivity index (χ3v) is 5.90. The fraction of sp³-hybridized carbons (Fsp3) is 0.308. The number of nitrogens with zero attached hydrogens (tertiary/aromatic N) is 3. The Morgan fingerprint density at radius 2 is 2.05 bits per heavy atom. The van der Waals surface area contributed by atoms with Crippen LogP contribution in [-0.4, -0.2) is 24.0 Å². The molecule has 1 aliphatic heterocycles. The van der Waals surface area contributed by atoms with Crippen LogP contribution in [0.3, 0.4) is 0 Å². The van der Waals surface area contributed by atoms with Gasteiger partial charge in [-0.2, -0.15) is 8.42 Å². The van der Waals surface area contributed by atoms with Crippen LogP contribution in [0.1, 0.15) is 12.5 Å². The SMILES string of the molecule is CC1Cc2ccccc2N1S(=O)(=O)c1ncn(C)c1Cl. The van der Waals surface area contributed by atoms with Crippen LogP contribution in [-0.2, 0) is 23.5 Å². The summed E-state index contributed by atoms with van der Waals surface area (Å²) in [6, 6.07) is 7.36. The highest BCUT2D eigenvalue weighted by atomic mass is 35.5. The first-order valence-corrected chi connectivity index (χ1v) is 8.04. The second-order valence-corrected chi connectivity index (χ2v) is 7.02. The molecule has 5 nitrogen and oxygen atoms in total. The molecular weight excluding hydrogens is 298 g/mol. The summed E-state index contributed by atoms with van der Waals surface area (Å²) < 4.78 is 28.5. The zero-order chi connectivity index (χ0) is 14.5. The second-order valence-electron chi connectivity index (χ2n) is 4.93. The lowest BCUT2D eigenvalue weighted by Gasteiger charge is -2.23. The van der Waals surface area contributed by atoms with Crippen LogP contribution < -0.4 is 4.31 Å². The molecule has 1 aliphatic rings. The van der Waals surface area contributed by atoms with Crippen molar-refractivity contribution in [3.8, 4) is 0 Å². The van der Waals surface area contributed by atoms with Gasteiger partial charge in [-0.1, -0.05) is 29.8 Å². The summed E-state index contributed by atoms with van der Waals surface area (Å²) >= 11 is 6.04. The van der Waals surface area contributed by atoms with Gasteiger partial charge in [0.1, 0.15) is 5.15 Å². The van der Waals surface area contributed by atoms with Gasteiger partial charge in [0, 0.05) is 13.1 Å². The Morgan fingerprint density at radius 1 is 1.35 bits per heavy atom. The minimum absolute atomic E-state index is 0.0924. The fourth-order valence-corrected chi connectivity index (χ4v) is 4.66. The van der Waals surface area contributed by atoms with Crippen molar-refractivity contribution in [1.29, 1.82) is 0 Å². The molecule has 0 fully saturated rings. The molecule has 0 aliphatic carbocycles. The van der Waals surface area contributed by atoms with Crippen LogP contribution in [0, 0.1) is 0 Å². The van der Waals surface area contributed by atoms with E-state index in [1.54, 1.807) is 7.05 Å². The molecule has 0 saturated heterocycles. The first-order valence-electron chi connectivity index (χ1n) is 6.22. The van der Waals surface area contributed by atoms with Gasteiger partial charge >= 0.3 is 0 Å². The van der Waals surface area contributed by atoms with Crippen molar-refractivity contribution in [2.75, 3.05) is 4.31 Å². The van der Waals surface area contributed by atoms with E-state index in [2.05, 4.69) is 4.98 Å². The van der Waals surface area contributed by atoms with Gasteiger partial charge in [0.25, 0.3) is 10.0 Å². The number of aryl methyl sites for hydroxylation is 1. The van der Waals surface area contributed by atoms with E-state index in [-0.39, 0.29) is 16.2 Å². The maximum Gasteiger partial charge on any atom is 0.285 e. The molecule has 7 heteroatoms. The lowest BCUT2D eigenvalue weighted by Crippen LogP contribution is -2.36. The summed E-state index contributed by atoms with van der Waals surface area (Å²) in [4.78, 5) is 3.94. The van der Waals surface area contributed by atoms with Crippen LogP contribution in [0.2, 0.25) is 5.15 Å². The third-order valence-electron chi connectivity index (χ3n) is 3.48. The van der Waals surface area contributed by atoms with E-state index < -0.39 is 10.0 Å². The average molecular weight is 312 g/mol. The quantitative estimate of drug-likeness (QED) is 0.854. The smallest absolute Gasteiger partial charge is 0.285 e. The lowest BCUT2D eigenvalue weighted by molar-refractivity contribution is 0.581. The number of sulfonamides is 1. The van der Waals surface area contributed by atoms with E-state index in [1.165, 1.54) is 15.2 Å². The molecule has 20 heavy (non-hydrogen) atoms. The molecule has 1 unspecified atom stereocenters. The summed E-state index contributed by atoms with van der Waals surface area (Å²) in [6.07, 6.45) is 2.10. The van der Waals surface area contributed by atoms with E-state index in [0.717, 1.165) is 5.56 Å². The number of para-hydroxylation sites is 1. The second kappa shape index (κ2) is 4.49. The maximum atomic E-state index is 12.8. The molecule has 1 atom stereocenters. The molecule has 0 N–H and O–H groups in total. The molecule has 0 radical (unpaired) electrons. The number of aromatic nitrogens is 2. The van der Waals surface area contributed by atoms with Gasteiger partial charge < -0.3 is 4.57 Å². The highest BCUT2D eigenvalue weighted by Crippen LogP contribution is 2.37. The number of halogens is 1. The first kappa shape index (κ1) is 13.5. The minimum atomic E-state index is -3.74. The molecule has 0 spiro atoms. The highest BCUT2D eigenvalue weighted by Gasteiger charge is 2.38. The number of imidazole rings is 1. The van der Waals surface area contributed by atoms with Crippen molar-refractivity contribution >= 4 is 27.3 Å². The topological polar surface area (TPSA) is 55.2 Å². The van der Waals surface area contributed by atoms with Gasteiger partial charge in [-0.15, -0.1) is 0 Å². The van der Waals surface area contributed by atoms with Gasteiger partial charge in [-0.05, 0) is 25.0 Å². The van der Waals surface area contributed by atoms with Crippen molar-refractivity contribution in [3.05, 3.63) is 41.3 Å². The summed E-state index contributed by atoms with van der Waals surface area (Å²) in [5.41, 5.74) is 1.73. The van der Waals surface area contributed by atoms with Crippen molar-refractivity contribution in [2.45, 2.75) is 24.4 Å². The summed E-state index contributed by atoms with van der Waals surface area (Å²) in [5, 5.41) is 0.0341. The number of benzene rings is 1. The van der Waals surface area contributed by atoms with Crippen LogP contribution in [0.25, 0.3) is 0 Å². The minimum Gasteiger partial charge on any atom is -0.324 e. The molecule has 2 aromatic rings. The van der Waals surface area contributed by atoms with Crippen molar-refractivity contribution in [3.63, 3.8) is 0 Å². The zero-order valence-electron chi connectivity index (χ0n) is 11.1. The van der Waals surface area contributed by atoms with Crippen LogP contribution in [0.4, 0.5) is 5.69 Å². The summed E-state index contributed by atoms with van der Waals surface area (Å²) in [7, 11) is -2.08. The van der Waals surface area contributed by atoms with Gasteiger partial charge in [0.2, 0.25) is 5.03 Å². The van der Waals surface area contributed by atoms with E-state index >= 15 is 0 Å². The molecule has 0 amide bonds. The molecule has 1 aromatic heterocycles. The fourth-order valence-electron chi connectivity index (χ4n) is 2.56. The Bertz CT molecular complexity index is 770. The van der Waals surface area contributed by atoms with Gasteiger partial charge in [-0.3, -0.25) is 4.31 Å². The van der Waals surface area contributed by atoms with Crippen molar-refractivity contribution in [1.82, 2.24) is 9.55 Å². The van der Waals surface area contributed by atoms with E-state index in [9.17, 15) is 8.42 Å². The van der Waals surface area contributed by atoms with Crippen LogP contribution in [0.5, 0.6) is 0 Å². The molecule has 3 rings (SSSR count). The monoisotopic (exact) mass is 311 g/mol. The van der Waals surface area contributed by atoms with Crippen LogP contribution >= 0.6 is 11.6 Å². The van der Waals surface area contributed by atoms with Crippen molar-refractivity contribution < 1.29 is 8.42 Å². The highest BCUT2D eigenvalue weighted by molar-refractivity contribution is 7.92. The Kier molecular flexibility index (Phi) is 3.02. The van der Waals surface area contributed by atoms with E-state index in [4.69, 9.17) is 11.6 Å². The predicted molar refractivity (Wildman–Crippen MR) is 77.5 cm³/mol. The summed E-state index contributed by atoms with van der Waals surface area (Å²) in [6.45, 7) is 1.88. The molecular formula is C13H14ClN3O2S. The first-order chi connectivity index (χ1) is 9.43. The number of fused-ring (bicyclic) bond motifs is 1. The Morgan fingerprint density at radius 3 is 2.70 bits per heavy atom. The number of anilines is 1. The maximum absolute atomic E-state index is 12.8. The van der Waals surface area contributed by atoms with Crippen molar-refractivity contribution in [2.24, 2.45) is 7.05 Å². The molecule has 0 bridgehead atoms. The summed E-state index contributed by atoms with van der Waals surface area (Å²) in [5.74, 6) is 0. The largest absolute Gasteiger partial charge is 0.324 e. The Balaban J connectivity index is 2.15. The van der Waals surface area contributed by atoms with Gasteiger partial charge in [0.15, 0.2) is 0 Å². The number of hydrogen-bond acceptors (Lipinski definition) is 3. The number of hydrogen-bond donors (Lipinski definition) is 0. The van der Waals surface area contributed by atoms with E-state index in [0.29, 0.717) is 12.1 Å². The van der Waals surface area contributed by atoms with Gasteiger partial charge in [-0.25, -0.2) is 4.98 Å². The molecule has 0 saturated carbocycles. The van der Waals surface area contributed by atoms with E-state index in [1.807, 2.05) is 31.2 Å². The molecule has 106 valence electrons.